The normalized spacial score (nSPS) is 10.3. The van der Waals surface area contributed by atoms with Crippen LogP contribution < -0.4 is 0 Å². The number of ether oxygens (including phenoxy) is 1. The second-order valence-corrected chi connectivity index (χ2v) is 3.65. The Hall–Kier alpha value is -2.37. The molecule has 0 amide bonds. The molecule has 0 aromatic carbocycles. The molecule has 0 atom stereocenters. The van der Waals surface area contributed by atoms with Crippen LogP contribution in [0.5, 0.6) is 5.75 Å². The first kappa shape index (κ1) is 12.1. The van der Waals surface area contributed by atoms with Crippen LogP contribution in [-0.4, -0.2) is 32.4 Å². The van der Waals surface area contributed by atoms with Crippen molar-refractivity contribution in [1.29, 1.82) is 0 Å². The number of aromatic hydroxyl groups is 1. The number of hydrogen-bond donors (Lipinski definition) is 1. The van der Waals surface area contributed by atoms with Crippen LogP contribution >= 0.6 is 0 Å². The zero-order valence-electron chi connectivity index (χ0n) is 10.1. The monoisotopic (exact) mass is 247 g/mol. The van der Waals surface area contributed by atoms with E-state index in [0.717, 1.165) is 0 Å². The van der Waals surface area contributed by atoms with E-state index in [-0.39, 0.29) is 5.75 Å². The van der Waals surface area contributed by atoms with Crippen molar-refractivity contribution in [2.45, 2.75) is 13.8 Å². The van der Waals surface area contributed by atoms with Gasteiger partial charge in [0.2, 0.25) is 0 Å². The van der Waals surface area contributed by atoms with Crippen LogP contribution in [0.1, 0.15) is 23.0 Å². The fourth-order valence-corrected chi connectivity index (χ4v) is 1.55. The lowest BCUT2D eigenvalue weighted by atomic mass is 10.2. The van der Waals surface area contributed by atoms with Crippen molar-refractivity contribution in [1.82, 2.24) is 14.8 Å². The van der Waals surface area contributed by atoms with Crippen LogP contribution in [0.15, 0.2) is 24.5 Å². The molecule has 2 aromatic rings. The Morgan fingerprint density at radius 2 is 2.22 bits per heavy atom. The average Bonchev–Trinajstić information content (AvgIpc) is 2.73. The van der Waals surface area contributed by atoms with E-state index in [0.29, 0.717) is 23.7 Å². The van der Waals surface area contributed by atoms with Crippen molar-refractivity contribution in [2.75, 3.05) is 6.61 Å². The van der Waals surface area contributed by atoms with E-state index in [1.54, 1.807) is 19.9 Å². The Labute approximate surface area is 104 Å². The van der Waals surface area contributed by atoms with Gasteiger partial charge in [0.05, 0.1) is 24.7 Å². The lowest BCUT2D eigenvalue weighted by Gasteiger charge is -2.04. The zero-order valence-corrected chi connectivity index (χ0v) is 10.1. The van der Waals surface area contributed by atoms with E-state index in [1.807, 2.05) is 0 Å². The van der Waals surface area contributed by atoms with Crippen LogP contribution in [0.3, 0.4) is 0 Å². The van der Waals surface area contributed by atoms with Crippen molar-refractivity contribution < 1.29 is 14.6 Å². The fraction of sp³-hybridized carbons (Fsp3) is 0.250. The number of hydrogen-bond acceptors (Lipinski definition) is 5. The number of aromatic nitrogens is 3. The van der Waals surface area contributed by atoms with E-state index in [4.69, 9.17) is 4.74 Å². The van der Waals surface area contributed by atoms with Crippen LogP contribution in [0.25, 0.3) is 5.82 Å². The molecule has 6 heteroatoms. The highest BCUT2D eigenvalue weighted by atomic mass is 16.5. The summed E-state index contributed by atoms with van der Waals surface area (Å²) >= 11 is 0. The number of carbonyl (C=O) groups is 1. The predicted molar refractivity (Wildman–Crippen MR) is 63.7 cm³/mol. The van der Waals surface area contributed by atoms with Gasteiger partial charge < -0.3 is 9.84 Å². The summed E-state index contributed by atoms with van der Waals surface area (Å²) in [5, 5.41) is 13.3. The molecule has 0 bridgehead atoms. The fourth-order valence-electron chi connectivity index (χ4n) is 1.55. The van der Waals surface area contributed by atoms with Crippen molar-refractivity contribution in [2.24, 2.45) is 0 Å². The summed E-state index contributed by atoms with van der Waals surface area (Å²) < 4.78 is 6.44. The molecule has 0 radical (unpaired) electrons. The number of pyridine rings is 1. The Balaban J connectivity index is 2.36. The lowest BCUT2D eigenvalue weighted by molar-refractivity contribution is 0.0525. The third-order valence-electron chi connectivity index (χ3n) is 2.45. The molecule has 1 N–H and O–H groups in total. The van der Waals surface area contributed by atoms with Crippen molar-refractivity contribution in [3.05, 3.63) is 35.8 Å². The summed E-state index contributed by atoms with van der Waals surface area (Å²) in [5.74, 6) is 0.204. The molecule has 2 rings (SSSR count). The SMILES string of the molecule is CCOC(=O)c1cnn(-c2ccc(O)cn2)c1C. The van der Waals surface area contributed by atoms with Gasteiger partial charge in [0.1, 0.15) is 11.3 Å². The Morgan fingerprint density at radius 3 is 2.83 bits per heavy atom. The van der Waals surface area contributed by atoms with Gasteiger partial charge in [-0.25, -0.2) is 14.5 Å². The maximum absolute atomic E-state index is 11.6. The standard InChI is InChI=1S/C12H13N3O3/c1-3-18-12(17)10-7-14-15(8(10)2)11-5-4-9(16)6-13-11/h4-7,16H,3H2,1-2H3. The molecule has 6 nitrogen and oxygen atoms in total. The first-order chi connectivity index (χ1) is 8.63. The lowest BCUT2D eigenvalue weighted by Crippen LogP contribution is -2.07. The molecular weight excluding hydrogens is 234 g/mol. The highest BCUT2D eigenvalue weighted by Gasteiger charge is 2.16. The number of nitrogens with zero attached hydrogens (tertiary/aromatic N) is 3. The third kappa shape index (κ3) is 2.17. The summed E-state index contributed by atoms with van der Waals surface area (Å²) in [6, 6.07) is 3.12. The molecule has 0 fully saturated rings. The van der Waals surface area contributed by atoms with Gasteiger partial charge in [-0.05, 0) is 26.0 Å². The predicted octanol–water partition coefficient (Wildman–Crippen LogP) is 1.46. The highest BCUT2D eigenvalue weighted by Crippen LogP contribution is 2.15. The maximum atomic E-state index is 11.6. The van der Waals surface area contributed by atoms with Crippen molar-refractivity contribution >= 4 is 5.97 Å². The van der Waals surface area contributed by atoms with Gasteiger partial charge in [-0.2, -0.15) is 5.10 Å². The molecule has 0 saturated heterocycles. The van der Waals surface area contributed by atoms with E-state index in [1.165, 1.54) is 23.1 Å². The summed E-state index contributed by atoms with van der Waals surface area (Å²) in [6.07, 6.45) is 2.77. The van der Waals surface area contributed by atoms with Gasteiger partial charge in [0, 0.05) is 0 Å². The molecule has 94 valence electrons. The Morgan fingerprint density at radius 1 is 1.44 bits per heavy atom. The summed E-state index contributed by atoms with van der Waals surface area (Å²) in [5.41, 5.74) is 1.05. The molecule has 0 spiro atoms. The largest absolute Gasteiger partial charge is 0.506 e. The van der Waals surface area contributed by atoms with Gasteiger partial charge >= 0.3 is 5.97 Å². The van der Waals surface area contributed by atoms with Crippen molar-refractivity contribution in [3.8, 4) is 11.6 Å². The minimum absolute atomic E-state index is 0.0779. The second-order valence-electron chi connectivity index (χ2n) is 3.65. The average molecular weight is 247 g/mol. The summed E-state index contributed by atoms with van der Waals surface area (Å²) in [7, 11) is 0. The molecule has 18 heavy (non-hydrogen) atoms. The van der Waals surface area contributed by atoms with Gasteiger partial charge in [-0.3, -0.25) is 0 Å². The van der Waals surface area contributed by atoms with Gasteiger partial charge in [0.15, 0.2) is 5.82 Å². The van der Waals surface area contributed by atoms with Crippen LogP contribution in [0.4, 0.5) is 0 Å². The molecule has 0 saturated carbocycles. The van der Waals surface area contributed by atoms with Gasteiger partial charge in [-0.1, -0.05) is 0 Å². The van der Waals surface area contributed by atoms with Crippen LogP contribution in [0, 0.1) is 6.92 Å². The molecule has 2 heterocycles. The Kier molecular flexibility index (Phi) is 3.27. The zero-order chi connectivity index (χ0) is 13.1. The number of carbonyl (C=O) groups excluding carboxylic acids is 1. The van der Waals surface area contributed by atoms with E-state index in [9.17, 15) is 9.90 Å². The minimum atomic E-state index is -0.403. The Bertz CT molecular complexity index is 560. The minimum Gasteiger partial charge on any atom is -0.506 e. The first-order valence-corrected chi connectivity index (χ1v) is 5.50. The quantitative estimate of drug-likeness (QED) is 0.831. The second kappa shape index (κ2) is 4.87. The molecule has 0 aliphatic heterocycles. The van der Waals surface area contributed by atoms with Gasteiger partial charge in [0.25, 0.3) is 0 Å². The number of esters is 1. The molecule has 0 aliphatic rings. The molecule has 0 aliphatic carbocycles. The molecular formula is C12H13N3O3. The van der Waals surface area contributed by atoms with E-state index >= 15 is 0 Å². The van der Waals surface area contributed by atoms with Gasteiger partial charge in [-0.15, -0.1) is 0 Å². The number of rotatable bonds is 3. The highest BCUT2D eigenvalue weighted by molar-refractivity contribution is 5.90. The van der Waals surface area contributed by atoms with Crippen molar-refractivity contribution in [3.63, 3.8) is 0 Å². The van der Waals surface area contributed by atoms with E-state index < -0.39 is 5.97 Å². The molecule has 0 unspecified atom stereocenters. The van der Waals surface area contributed by atoms with E-state index in [2.05, 4.69) is 10.1 Å². The topological polar surface area (TPSA) is 77.2 Å². The smallest absolute Gasteiger partial charge is 0.341 e. The summed E-state index contributed by atoms with van der Waals surface area (Å²) in [4.78, 5) is 15.7. The molecule has 2 aromatic heterocycles. The first-order valence-electron chi connectivity index (χ1n) is 5.50. The van der Waals surface area contributed by atoms with Crippen LogP contribution in [0.2, 0.25) is 0 Å². The third-order valence-corrected chi connectivity index (χ3v) is 2.45. The summed E-state index contributed by atoms with van der Waals surface area (Å²) in [6.45, 7) is 3.83. The maximum Gasteiger partial charge on any atom is 0.341 e. The van der Waals surface area contributed by atoms with Crippen LogP contribution in [-0.2, 0) is 4.74 Å².